The fourth-order valence-electron chi connectivity index (χ4n) is 2.96. The first-order valence-electron chi connectivity index (χ1n) is 6.88. The minimum absolute atomic E-state index is 0.171. The minimum atomic E-state index is 0.171. The molecule has 19 heavy (non-hydrogen) atoms. The van der Waals surface area contributed by atoms with Crippen molar-refractivity contribution in [2.24, 2.45) is 16.8 Å². The van der Waals surface area contributed by atoms with Crippen LogP contribution in [0.1, 0.15) is 37.8 Å². The highest BCUT2D eigenvalue weighted by molar-refractivity contribution is 5.98. The highest BCUT2D eigenvalue weighted by Crippen LogP contribution is 2.28. The molecule has 1 aliphatic heterocycles. The zero-order valence-corrected chi connectivity index (χ0v) is 11.9. The van der Waals surface area contributed by atoms with E-state index in [9.17, 15) is 0 Å². The zero-order valence-electron chi connectivity index (χ0n) is 11.9. The largest absolute Gasteiger partial charge is 0.409 e. The van der Waals surface area contributed by atoms with Crippen molar-refractivity contribution < 1.29 is 5.21 Å². The lowest BCUT2D eigenvalue weighted by Gasteiger charge is -2.38. The fraction of sp³-hybridized carbons (Fsp3) is 0.533. The van der Waals surface area contributed by atoms with E-state index in [1.165, 1.54) is 18.5 Å². The zero-order chi connectivity index (χ0) is 14.0. The normalized spacial score (nSPS) is 24.6. The van der Waals surface area contributed by atoms with Crippen LogP contribution in [0.2, 0.25) is 0 Å². The summed E-state index contributed by atoms with van der Waals surface area (Å²) in [5.41, 5.74) is 8.72. The van der Waals surface area contributed by atoms with Gasteiger partial charge in [0.25, 0.3) is 0 Å². The van der Waals surface area contributed by atoms with Gasteiger partial charge in [0.05, 0.1) is 0 Å². The minimum Gasteiger partial charge on any atom is -0.409 e. The number of piperidine rings is 1. The molecule has 104 valence electrons. The SMILES string of the molecule is Cc1cc(N2CCC(C)CC2C)ccc1/C(N)=N/O. The third-order valence-electron chi connectivity index (χ3n) is 4.06. The molecule has 1 aliphatic rings. The molecule has 0 amide bonds. The number of hydrogen-bond donors (Lipinski definition) is 2. The third kappa shape index (κ3) is 2.83. The number of nitrogens with zero attached hydrogens (tertiary/aromatic N) is 2. The van der Waals surface area contributed by atoms with Crippen LogP contribution >= 0.6 is 0 Å². The number of anilines is 1. The summed E-state index contributed by atoms with van der Waals surface area (Å²) >= 11 is 0. The van der Waals surface area contributed by atoms with Crippen LogP contribution in [0.4, 0.5) is 5.69 Å². The van der Waals surface area contributed by atoms with Crippen LogP contribution in [0.5, 0.6) is 0 Å². The van der Waals surface area contributed by atoms with Crippen molar-refractivity contribution in [3.63, 3.8) is 0 Å². The summed E-state index contributed by atoms with van der Waals surface area (Å²) in [6.07, 6.45) is 2.48. The van der Waals surface area contributed by atoms with E-state index in [1.807, 2.05) is 13.0 Å². The van der Waals surface area contributed by atoms with Gasteiger partial charge in [-0.1, -0.05) is 12.1 Å². The predicted molar refractivity (Wildman–Crippen MR) is 78.9 cm³/mol. The van der Waals surface area contributed by atoms with Gasteiger partial charge >= 0.3 is 0 Å². The first kappa shape index (κ1) is 13.7. The number of benzene rings is 1. The van der Waals surface area contributed by atoms with Gasteiger partial charge in [-0.15, -0.1) is 0 Å². The number of rotatable bonds is 2. The van der Waals surface area contributed by atoms with Crippen molar-refractivity contribution >= 4 is 11.5 Å². The Morgan fingerprint density at radius 1 is 1.42 bits per heavy atom. The maximum atomic E-state index is 8.75. The molecular weight excluding hydrogens is 238 g/mol. The number of oxime groups is 1. The van der Waals surface area contributed by atoms with E-state index in [4.69, 9.17) is 10.9 Å². The number of nitrogens with two attached hydrogens (primary N) is 1. The van der Waals surface area contributed by atoms with Gasteiger partial charge in [-0.05, 0) is 56.4 Å². The smallest absolute Gasteiger partial charge is 0.170 e. The molecule has 2 atom stereocenters. The van der Waals surface area contributed by atoms with E-state index < -0.39 is 0 Å². The lowest BCUT2D eigenvalue weighted by molar-refractivity contribution is 0.318. The summed E-state index contributed by atoms with van der Waals surface area (Å²) in [4.78, 5) is 2.45. The van der Waals surface area contributed by atoms with Gasteiger partial charge in [-0.25, -0.2) is 0 Å². The molecular formula is C15H23N3O. The Morgan fingerprint density at radius 2 is 2.16 bits per heavy atom. The summed E-state index contributed by atoms with van der Waals surface area (Å²) < 4.78 is 0. The monoisotopic (exact) mass is 261 g/mol. The average Bonchev–Trinajstić information content (AvgIpc) is 2.37. The Hall–Kier alpha value is -1.71. The molecule has 2 rings (SSSR count). The van der Waals surface area contributed by atoms with E-state index in [-0.39, 0.29) is 5.84 Å². The van der Waals surface area contributed by atoms with Crippen LogP contribution in [0.25, 0.3) is 0 Å². The summed E-state index contributed by atoms with van der Waals surface area (Å²) in [7, 11) is 0. The number of hydrogen-bond acceptors (Lipinski definition) is 3. The van der Waals surface area contributed by atoms with Crippen LogP contribution in [0.15, 0.2) is 23.4 Å². The van der Waals surface area contributed by atoms with E-state index in [1.54, 1.807) is 0 Å². The van der Waals surface area contributed by atoms with Crippen LogP contribution in [-0.4, -0.2) is 23.6 Å². The van der Waals surface area contributed by atoms with Gasteiger partial charge in [0.2, 0.25) is 0 Å². The van der Waals surface area contributed by atoms with Crippen molar-refractivity contribution in [2.45, 2.75) is 39.7 Å². The first-order valence-corrected chi connectivity index (χ1v) is 6.88. The van der Waals surface area contributed by atoms with Crippen molar-refractivity contribution in [3.05, 3.63) is 29.3 Å². The lowest BCUT2D eigenvalue weighted by atomic mass is 9.92. The molecule has 0 aromatic heterocycles. The summed E-state index contributed by atoms with van der Waals surface area (Å²) in [5, 5.41) is 11.8. The second-order valence-electron chi connectivity index (χ2n) is 5.66. The Balaban J connectivity index is 2.25. The molecule has 0 bridgehead atoms. The summed E-state index contributed by atoms with van der Waals surface area (Å²) in [6.45, 7) is 7.70. The van der Waals surface area contributed by atoms with E-state index in [0.717, 1.165) is 23.6 Å². The maximum Gasteiger partial charge on any atom is 0.170 e. The maximum absolute atomic E-state index is 8.75. The molecule has 3 N–H and O–H groups in total. The third-order valence-corrected chi connectivity index (χ3v) is 4.06. The average molecular weight is 261 g/mol. The van der Waals surface area contributed by atoms with E-state index in [2.05, 4.69) is 36.0 Å². The van der Waals surface area contributed by atoms with E-state index >= 15 is 0 Å². The fourth-order valence-corrected chi connectivity index (χ4v) is 2.96. The number of aryl methyl sites for hydroxylation is 1. The van der Waals surface area contributed by atoms with Crippen LogP contribution in [-0.2, 0) is 0 Å². The second-order valence-corrected chi connectivity index (χ2v) is 5.66. The molecule has 0 spiro atoms. The van der Waals surface area contributed by atoms with Gasteiger partial charge in [-0.3, -0.25) is 0 Å². The number of amidine groups is 1. The van der Waals surface area contributed by atoms with Crippen LogP contribution < -0.4 is 10.6 Å². The molecule has 0 saturated carbocycles. The standard InChI is InChI=1S/C15H23N3O/c1-10-6-7-18(12(3)8-10)13-4-5-14(11(2)9-13)15(16)17-19/h4-5,9-10,12,19H,6-8H2,1-3H3,(H2,16,17). The van der Waals surface area contributed by atoms with Gasteiger partial charge in [0.1, 0.15) is 0 Å². The van der Waals surface area contributed by atoms with Gasteiger partial charge in [0.15, 0.2) is 5.84 Å². The van der Waals surface area contributed by atoms with Gasteiger partial charge in [-0.2, -0.15) is 0 Å². The molecule has 1 aromatic rings. The summed E-state index contributed by atoms with van der Waals surface area (Å²) in [6, 6.07) is 6.69. The quantitative estimate of drug-likeness (QED) is 0.372. The molecule has 1 fully saturated rings. The lowest BCUT2D eigenvalue weighted by Crippen LogP contribution is -2.40. The molecule has 1 saturated heterocycles. The summed E-state index contributed by atoms with van der Waals surface area (Å²) in [5.74, 6) is 0.980. The molecule has 2 unspecified atom stereocenters. The van der Waals surface area contributed by atoms with Gasteiger partial charge in [0, 0.05) is 23.8 Å². The highest BCUT2D eigenvalue weighted by Gasteiger charge is 2.23. The Morgan fingerprint density at radius 3 is 2.74 bits per heavy atom. The Bertz CT molecular complexity index is 484. The Kier molecular flexibility index (Phi) is 3.98. The van der Waals surface area contributed by atoms with E-state index in [0.29, 0.717) is 6.04 Å². The Labute approximate surface area is 114 Å². The molecule has 0 aliphatic carbocycles. The molecule has 1 heterocycles. The van der Waals surface area contributed by atoms with Crippen molar-refractivity contribution in [2.75, 3.05) is 11.4 Å². The van der Waals surface area contributed by atoms with Gasteiger partial charge < -0.3 is 15.8 Å². The molecule has 4 heteroatoms. The van der Waals surface area contributed by atoms with Crippen LogP contribution in [0, 0.1) is 12.8 Å². The molecule has 4 nitrogen and oxygen atoms in total. The van der Waals surface area contributed by atoms with Crippen molar-refractivity contribution in [3.8, 4) is 0 Å². The van der Waals surface area contributed by atoms with Crippen molar-refractivity contribution in [1.29, 1.82) is 0 Å². The second kappa shape index (κ2) is 5.51. The molecule has 1 aromatic carbocycles. The van der Waals surface area contributed by atoms with Crippen molar-refractivity contribution in [1.82, 2.24) is 0 Å². The highest BCUT2D eigenvalue weighted by atomic mass is 16.4. The first-order chi connectivity index (χ1) is 9.02. The predicted octanol–water partition coefficient (Wildman–Crippen LogP) is 2.71. The molecule has 0 radical (unpaired) electrons. The topological polar surface area (TPSA) is 61.8 Å². The van der Waals surface area contributed by atoms with Crippen LogP contribution in [0.3, 0.4) is 0 Å².